The number of hydrogen-bond acceptors (Lipinski definition) is 7. The van der Waals surface area contributed by atoms with Gasteiger partial charge < -0.3 is 27.2 Å². The second kappa shape index (κ2) is 14.9. The third kappa shape index (κ3) is 9.80. The highest BCUT2D eigenvalue weighted by molar-refractivity contribution is 7.88. The van der Waals surface area contributed by atoms with Gasteiger partial charge in [-0.2, -0.15) is 0 Å². The summed E-state index contributed by atoms with van der Waals surface area (Å²) < 4.78 is 27.6. The molecule has 0 radical (unpaired) electrons. The maximum Gasteiger partial charge on any atom is 0.242 e. The lowest BCUT2D eigenvalue weighted by Crippen LogP contribution is -2.55. The SMILES string of the molecule is N=C(N)c1ccc(CCC(NC(=O)C(CO)NS(=O)(=O)Cc2ccccc2)C(=O)NCc2ccc(C(=N)N)cc2)cc1. The van der Waals surface area contributed by atoms with E-state index in [1.165, 1.54) is 0 Å². The van der Waals surface area contributed by atoms with E-state index in [9.17, 15) is 23.1 Å². The van der Waals surface area contributed by atoms with Crippen molar-refractivity contribution in [2.24, 2.45) is 11.5 Å². The van der Waals surface area contributed by atoms with E-state index in [0.29, 0.717) is 23.1 Å². The maximum absolute atomic E-state index is 13.2. The van der Waals surface area contributed by atoms with E-state index in [4.69, 9.17) is 22.3 Å². The Morgan fingerprint density at radius 3 is 1.83 bits per heavy atom. The number of carbonyl (C=O) groups excluding carboxylic acids is 2. The molecule has 0 saturated carbocycles. The van der Waals surface area contributed by atoms with Gasteiger partial charge in [-0.3, -0.25) is 20.4 Å². The quantitative estimate of drug-likeness (QED) is 0.0917. The van der Waals surface area contributed by atoms with Crippen LogP contribution in [0.4, 0.5) is 0 Å². The zero-order chi connectivity index (χ0) is 30.7. The summed E-state index contributed by atoms with van der Waals surface area (Å²) in [5.41, 5.74) is 14.2. The molecule has 0 bridgehead atoms. The average Bonchev–Trinajstić information content (AvgIpc) is 2.97. The first kappa shape index (κ1) is 31.9. The number of rotatable bonds is 15. The molecular weight excluding hydrogens is 558 g/mol. The zero-order valence-corrected chi connectivity index (χ0v) is 23.7. The maximum atomic E-state index is 13.2. The Morgan fingerprint density at radius 2 is 1.31 bits per heavy atom. The third-order valence-corrected chi connectivity index (χ3v) is 7.73. The van der Waals surface area contributed by atoms with Gasteiger partial charge in [0, 0.05) is 17.7 Å². The van der Waals surface area contributed by atoms with Crippen LogP contribution in [-0.2, 0) is 38.3 Å². The topological polar surface area (TPSA) is 224 Å². The highest BCUT2D eigenvalue weighted by Gasteiger charge is 2.28. The van der Waals surface area contributed by atoms with Crippen molar-refractivity contribution in [3.63, 3.8) is 0 Å². The third-order valence-electron chi connectivity index (χ3n) is 6.37. The van der Waals surface area contributed by atoms with Crippen LogP contribution in [0.15, 0.2) is 78.9 Å². The fraction of sp³-hybridized carbons (Fsp3) is 0.241. The molecule has 2 atom stereocenters. The molecule has 13 heteroatoms. The summed E-state index contributed by atoms with van der Waals surface area (Å²) in [6, 6.07) is 19.4. The molecule has 3 aromatic rings. The number of hydrogen-bond donors (Lipinski definition) is 8. The van der Waals surface area contributed by atoms with Crippen LogP contribution in [-0.4, -0.2) is 55.7 Å². The lowest BCUT2D eigenvalue weighted by Gasteiger charge is -2.22. The summed E-state index contributed by atoms with van der Waals surface area (Å²) in [6.45, 7) is -0.687. The van der Waals surface area contributed by atoms with E-state index in [2.05, 4.69) is 15.4 Å². The number of aliphatic hydroxyl groups excluding tert-OH is 1. The van der Waals surface area contributed by atoms with Crippen LogP contribution in [0.1, 0.15) is 34.2 Å². The number of amides is 2. The van der Waals surface area contributed by atoms with Gasteiger partial charge in [0.25, 0.3) is 0 Å². The molecule has 12 nitrogen and oxygen atoms in total. The second-order valence-corrected chi connectivity index (χ2v) is 11.4. The van der Waals surface area contributed by atoms with Gasteiger partial charge in [-0.1, -0.05) is 78.9 Å². The first-order valence-electron chi connectivity index (χ1n) is 13.1. The molecule has 222 valence electrons. The highest BCUT2D eigenvalue weighted by atomic mass is 32.2. The fourth-order valence-corrected chi connectivity index (χ4v) is 5.37. The minimum Gasteiger partial charge on any atom is -0.394 e. The van der Waals surface area contributed by atoms with Crippen LogP contribution >= 0.6 is 0 Å². The standard InChI is InChI=1S/C29H35N7O5S/c30-26(31)22-11-6-19(7-12-22)10-15-24(28(38)34-16-20-8-13-23(14-9-20)27(32)33)35-29(39)25(17-37)36-42(40,41)18-21-4-2-1-3-5-21/h1-9,11-14,24-25,36-37H,10,15-18H2,(H3,30,31)(H3,32,33)(H,34,38)(H,35,39). The van der Waals surface area contributed by atoms with E-state index >= 15 is 0 Å². The number of nitrogen functional groups attached to an aromatic ring is 2. The van der Waals surface area contributed by atoms with Gasteiger partial charge in [-0.15, -0.1) is 0 Å². The molecule has 0 aliphatic rings. The van der Waals surface area contributed by atoms with Crippen LogP contribution in [0.3, 0.4) is 0 Å². The first-order chi connectivity index (χ1) is 20.0. The summed E-state index contributed by atoms with van der Waals surface area (Å²) in [7, 11) is -3.99. The van der Waals surface area contributed by atoms with Crippen molar-refractivity contribution in [2.75, 3.05) is 6.61 Å². The molecule has 3 aromatic carbocycles. The van der Waals surface area contributed by atoms with Crippen LogP contribution in [0, 0.1) is 10.8 Å². The number of aryl methyl sites for hydroxylation is 1. The summed E-state index contributed by atoms with van der Waals surface area (Å²) >= 11 is 0. The molecule has 0 aliphatic heterocycles. The Kier molecular flexibility index (Phi) is 11.3. The molecule has 0 heterocycles. The number of aliphatic hydroxyl groups is 1. The lowest BCUT2D eigenvalue weighted by atomic mass is 10.0. The Balaban J connectivity index is 1.71. The predicted molar refractivity (Wildman–Crippen MR) is 160 cm³/mol. The summed E-state index contributed by atoms with van der Waals surface area (Å²) in [5, 5.41) is 30.2. The van der Waals surface area contributed by atoms with E-state index in [1.54, 1.807) is 78.9 Å². The van der Waals surface area contributed by atoms with Gasteiger partial charge in [0.2, 0.25) is 21.8 Å². The van der Waals surface area contributed by atoms with Crippen LogP contribution < -0.4 is 26.8 Å². The smallest absolute Gasteiger partial charge is 0.242 e. The lowest BCUT2D eigenvalue weighted by molar-refractivity contribution is -0.130. The minimum absolute atomic E-state index is 0.0767. The predicted octanol–water partition coefficient (Wildman–Crippen LogP) is 0.469. The highest BCUT2D eigenvalue weighted by Crippen LogP contribution is 2.10. The van der Waals surface area contributed by atoms with Crippen LogP contribution in [0.2, 0.25) is 0 Å². The van der Waals surface area contributed by atoms with Crippen molar-refractivity contribution >= 4 is 33.5 Å². The van der Waals surface area contributed by atoms with Crippen molar-refractivity contribution in [3.05, 3.63) is 107 Å². The molecule has 2 amide bonds. The molecule has 0 saturated heterocycles. The number of nitrogens with one attached hydrogen (secondary N) is 5. The van der Waals surface area contributed by atoms with Crippen molar-refractivity contribution in [3.8, 4) is 0 Å². The molecule has 0 spiro atoms. The monoisotopic (exact) mass is 593 g/mol. The van der Waals surface area contributed by atoms with E-state index in [0.717, 1.165) is 11.1 Å². The Labute approximate surface area is 244 Å². The largest absolute Gasteiger partial charge is 0.394 e. The van der Waals surface area contributed by atoms with Gasteiger partial charge >= 0.3 is 0 Å². The van der Waals surface area contributed by atoms with Gasteiger partial charge in [0.1, 0.15) is 23.8 Å². The van der Waals surface area contributed by atoms with E-state index in [1.807, 2.05) is 0 Å². The number of benzene rings is 3. The van der Waals surface area contributed by atoms with Crippen LogP contribution in [0.25, 0.3) is 0 Å². The fourth-order valence-electron chi connectivity index (χ4n) is 4.04. The normalized spacial score (nSPS) is 12.6. The van der Waals surface area contributed by atoms with Crippen LogP contribution in [0.5, 0.6) is 0 Å². The number of amidine groups is 2. The molecule has 10 N–H and O–H groups in total. The van der Waals surface area contributed by atoms with Crippen molar-refractivity contribution < 1.29 is 23.1 Å². The molecule has 0 fully saturated rings. The van der Waals surface area contributed by atoms with Crippen molar-refractivity contribution in [1.82, 2.24) is 15.4 Å². The van der Waals surface area contributed by atoms with Crippen molar-refractivity contribution in [2.45, 2.75) is 37.2 Å². The molecule has 0 aliphatic carbocycles. The molecule has 42 heavy (non-hydrogen) atoms. The van der Waals surface area contributed by atoms with Gasteiger partial charge in [-0.05, 0) is 29.5 Å². The second-order valence-electron chi connectivity index (χ2n) is 9.64. The van der Waals surface area contributed by atoms with E-state index < -0.39 is 40.5 Å². The zero-order valence-electron chi connectivity index (χ0n) is 22.8. The Morgan fingerprint density at radius 1 is 0.762 bits per heavy atom. The van der Waals surface area contributed by atoms with Gasteiger partial charge in [0.05, 0.1) is 12.4 Å². The molecular formula is C29H35N7O5S. The number of carbonyl (C=O) groups is 2. The first-order valence-corrected chi connectivity index (χ1v) is 14.7. The molecule has 0 aromatic heterocycles. The minimum atomic E-state index is -3.99. The van der Waals surface area contributed by atoms with Gasteiger partial charge in [0.15, 0.2) is 0 Å². The average molecular weight is 594 g/mol. The number of sulfonamides is 1. The summed E-state index contributed by atoms with van der Waals surface area (Å²) in [6.07, 6.45) is 0.530. The number of nitrogens with two attached hydrogens (primary N) is 2. The Hall–Kier alpha value is -4.59. The van der Waals surface area contributed by atoms with E-state index in [-0.39, 0.29) is 30.4 Å². The molecule has 2 unspecified atom stereocenters. The Bertz CT molecular complexity index is 1500. The van der Waals surface area contributed by atoms with Gasteiger partial charge in [-0.25, -0.2) is 13.1 Å². The molecule has 3 rings (SSSR count). The van der Waals surface area contributed by atoms with Crippen molar-refractivity contribution in [1.29, 1.82) is 10.8 Å². The summed E-state index contributed by atoms with van der Waals surface area (Å²) in [4.78, 5) is 26.3. The summed E-state index contributed by atoms with van der Waals surface area (Å²) in [5.74, 6) is -1.91.